The van der Waals surface area contributed by atoms with Gasteiger partial charge in [-0.2, -0.15) is 13.2 Å². The summed E-state index contributed by atoms with van der Waals surface area (Å²) < 4.78 is 61.5. The van der Waals surface area contributed by atoms with Crippen LogP contribution in [-0.2, 0) is 21.2 Å². The summed E-state index contributed by atoms with van der Waals surface area (Å²) in [6.45, 7) is 2.96. The van der Waals surface area contributed by atoms with Crippen LogP contribution in [0.4, 0.5) is 34.3 Å². The van der Waals surface area contributed by atoms with Gasteiger partial charge in [0.05, 0.1) is 10.6 Å². The van der Waals surface area contributed by atoms with Crippen LogP contribution in [0.1, 0.15) is 19.4 Å². The van der Waals surface area contributed by atoms with Crippen LogP contribution in [0.2, 0.25) is 0 Å². The summed E-state index contributed by atoms with van der Waals surface area (Å²) in [6.07, 6.45) is 1.41. The summed E-state index contributed by atoms with van der Waals surface area (Å²) in [4.78, 5) is 42.6. The molecule has 0 spiro atoms. The molecule has 0 bridgehead atoms. The number of carbonyl (C=O) groups is 3. The Balaban J connectivity index is 1.88. The predicted octanol–water partition coefficient (Wildman–Crippen LogP) is 2.87. The van der Waals surface area contributed by atoms with Crippen molar-refractivity contribution in [1.29, 1.82) is 0 Å². The Hall–Kier alpha value is -3.68. The van der Waals surface area contributed by atoms with Crippen molar-refractivity contribution >= 4 is 39.3 Å². The number of urea groups is 2. The standard InChI is InChI=1S/C20H20F3N5O5S/c1-19(2)16(29)28(13-4-6-14(7-5-13)34(32,33)20(21,22)23)18(31)27(19)11-12-8-9-25-15(10-12)26-17(30)24-3/h4-10H,11H2,1-3H3,(H2,24,25,26,30). The van der Waals surface area contributed by atoms with Gasteiger partial charge in [-0.15, -0.1) is 0 Å². The van der Waals surface area contributed by atoms with E-state index < -0.39 is 43.7 Å². The van der Waals surface area contributed by atoms with E-state index in [4.69, 9.17) is 0 Å². The molecule has 10 nitrogen and oxygen atoms in total. The lowest BCUT2D eigenvalue weighted by atomic mass is 10.0. The number of pyridine rings is 1. The quantitative estimate of drug-likeness (QED) is 0.609. The number of carbonyl (C=O) groups excluding carboxylic acids is 3. The van der Waals surface area contributed by atoms with Crippen molar-refractivity contribution < 1.29 is 36.0 Å². The molecule has 1 aromatic carbocycles. The van der Waals surface area contributed by atoms with Crippen molar-refractivity contribution in [3.63, 3.8) is 0 Å². The Morgan fingerprint density at radius 1 is 1.12 bits per heavy atom. The maximum atomic E-state index is 13.1. The molecular formula is C20H20F3N5O5S. The fraction of sp³-hybridized carbons (Fsp3) is 0.300. The first kappa shape index (κ1) is 25.0. The second-order valence-corrected chi connectivity index (χ2v) is 9.71. The topological polar surface area (TPSA) is 129 Å². The zero-order valence-electron chi connectivity index (χ0n) is 18.2. The van der Waals surface area contributed by atoms with Gasteiger partial charge in [0.15, 0.2) is 0 Å². The van der Waals surface area contributed by atoms with Crippen LogP contribution in [0.15, 0.2) is 47.5 Å². The van der Waals surface area contributed by atoms with Crippen molar-refractivity contribution in [3.8, 4) is 0 Å². The Kier molecular flexibility index (Phi) is 6.30. The maximum absolute atomic E-state index is 13.1. The van der Waals surface area contributed by atoms with Gasteiger partial charge in [-0.25, -0.2) is 27.9 Å². The zero-order valence-corrected chi connectivity index (χ0v) is 19.0. The van der Waals surface area contributed by atoms with E-state index in [1.807, 2.05) is 0 Å². The highest BCUT2D eigenvalue weighted by atomic mass is 32.2. The number of aromatic nitrogens is 1. The number of nitrogens with one attached hydrogen (secondary N) is 2. The second kappa shape index (κ2) is 8.59. The van der Waals surface area contributed by atoms with Crippen LogP contribution in [0.5, 0.6) is 0 Å². The molecule has 5 amide bonds. The molecule has 34 heavy (non-hydrogen) atoms. The van der Waals surface area contributed by atoms with E-state index in [0.29, 0.717) is 17.7 Å². The number of anilines is 2. The smallest absolute Gasteiger partial charge is 0.341 e. The highest BCUT2D eigenvalue weighted by Gasteiger charge is 2.52. The SMILES string of the molecule is CNC(=O)Nc1cc(CN2C(=O)N(c3ccc(S(=O)(=O)C(F)(F)F)cc3)C(=O)C2(C)C)ccn1. The zero-order chi connectivity index (χ0) is 25.5. The maximum Gasteiger partial charge on any atom is 0.501 e. The van der Waals surface area contributed by atoms with Crippen molar-refractivity contribution in [2.24, 2.45) is 0 Å². The van der Waals surface area contributed by atoms with Crippen LogP contribution in [0.3, 0.4) is 0 Å². The molecule has 2 heterocycles. The van der Waals surface area contributed by atoms with Crippen molar-refractivity contribution in [1.82, 2.24) is 15.2 Å². The number of halogens is 3. The normalized spacial score (nSPS) is 16.1. The molecule has 182 valence electrons. The number of alkyl halides is 3. The molecule has 1 aromatic heterocycles. The number of amides is 5. The number of hydrogen-bond donors (Lipinski definition) is 2. The lowest BCUT2D eigenvalue weighted by Gasteiger charge is -2.27. The fourth-order valence-electron chi connectivity index (χ4n) is 3.24. The van der Waals surface area contributed by atoms with Gasteiger partial charge < -0.3 is 10.2 Å². The van der Waals surface area contributed by atoms with Crippen molar-refractivity contribution in [3.05, 3.63) is 48.2 Å². The Labute approximate surface area is 192 Å². The molecule has 0 unspecified atom stereocenters. The van der Waals surface area contributed by atoms with Crippen LogP contribution >= 0.6 is 0 Å². The van der Waals surface area contributed by atoms with Gasteiger partial charge in [0.25, 0.3) is 15.7 Å². The van der Waals surface area contributed by atoms with Gasteiger partial charge >= 0.3 is 17.6 Å². The van der Waals surface area contributed by atoms with E-state index >= 15 is 0 Å². The average Bonchev–Trinajstić information content (AvgIpc) is 2.92. The van der Waals surface area contributed by atoms with Gasteiger partial charge in [-0.1, -0.05) is 0 Å². The lowest BCUT2D eigenvalue weighted by molar-refractivity contribution is -0.123. The molecule has 1 saturated heterocycles. The Morgan fingerprint density at radius 3 is 2.29 bits per heavy atom. The van der Waals surface area contributed by atoms with E-state index in [-0.39, 0.29) is 18.1 Å². The van der Waals surface area contributed by atoms with E-state index in [0.717, 1.165) is 17.0 Å². The predicted molar refractivity (Wildman–Crippen MR) is 115 cm³/mol. The van der Waals surface area contributed by atoms with Crippen molar-refractivity contribution in [2.75, 3.05) is 17.3 Å². The molecule has 3 rings (SSSR count). The Morgan fingerprint density at radius 2 is 1.74 bits per heavy atom. The van der Waals surface area contributed by atoms with Crippen LogP contribution < -0.4 is 15.5 Å². The first-order valence-electron chi connectivity index (χ1n) is 9.71. The number of imide groups is 1. The van der Waals surface area contributed by atoms with Crippen LogP contribution in [0.25, 0.3) is 0 Å². The molecular weight excluding hydrogens is 479 g/mol. The summed E-state index contributed by atoms with van der Waals surface area (Å²) in [5.74, 6) is -0.437. The molecule has 1 aliphatic heterocycles. The summed E-state index contributed by atoms with van der Waals surface area (Å²) in [5.41, 5.74) is -6.35. The first-order valence-corrected chi connectivity index (χ1v) is 11.2. The highest BCUT2D eigenvalue weighted by Crippen LogP contribution is 2.35. The minimum Gasteiger partial charge on any atom is -0.341 e. The molecule has 0 radical (unpaired) electrons. The third-order valence-electron chi connectivity index (χ3n) is 5.17. The average molecular weight is 499 g/mol. The van der Waals surface area contributed by atoms with Gasteiger partial charge in [0.1, 0.15) is 11.4 Å². The van der Waals surface area contributed by atoms with Gasteiger partial charge in [0.2, 0.25) is 0 Å². The van der Waals surface area contributed by atoms with Gasteiger partial charge in [-0.3, -0.25) is 10.1 Å². The van der Waals surface area contributed by atoms with Crippen molar-refractivity contribution in [2.45, 2.75) is 36.3 Å². The largest absolute Gasteiger partial charge is 0.501 e. The number of hydrogen-bond acceptors (Lipinski definition) is 6. The first-order chi connectivity index (χ1) is 15.7. The number of benzene rings is 1. The molecule has 0 saturated carbocycles. The van der Waals surface area contributed by atoms with E-state index in [2.05, 4.69) is 15.6 Å². The third kappa shape index (κ3) is 4.40. The molecule has 2 N–H and O–H groups in total. The van der Waals surface area contributed by atoms with Crippen LogP contribution in [-0.4, -0.2) is 54.4 Å². The molecule has 0 atom stereocenters. The third-order valence-corrected chi connectivity index (χ3v) is 6.67. The molecule has 0 aliphatic carbocycles. The summed E-state index contributed by atoms with van der Waals surface area (Å²) >= 11 is 0. The van der Waals surface area contributed by atoms with E-state index in [1.54, 1.807) is 6.07 Å². The highest BCUT2D eigenvalue weighted by molar-refractivity contribution is 7.92. The molecule has 2 aromatic rings. The number of nitrogens with zero attached hydrogens (tertiary/aromatic N) is 3. The number of rotatable bonds is 5. The van der Waals surface area contributed by atoms with Gasteiger partial charge in [-0.05, 0) is 55.8 Å². The minimum atomic E-state index is -5.57. The summed E-state index contributed by atoms with van der Waals surface area (Å²) in [6, 6.07) is 5.16. The second-order valence-electron chi connectivity index (χ2n) is 7.76. The number of sulfone groups is 1. The Bertz CT molecular complexity index is 1250. The van der Waals surface area contributed by atoms with E-state index in [1.165, 1.54) is 38.1 Å². The molecule has 1 aliphatic rings. The van der Waals surface area contributed by atoms with Crippen LogP contribution in [0, 0.1) is 0 Å². The monoisotopic (exact) mass is 499 g/mol. The summed E-state index contributed by atoms with van der Waals surface area (Å²) in [5, 5.41) is 4.86. The summed E-state index contributed by atoms with van der Waals surface area (Å²) in [7, 11) is -4.15. The van der Waals surface area contributed by atoms with Gasteiger partial charge in [0, 0.05) is 19.8 Å². The fourth-order valence-corrected chi connectivity index (χ4v) is 4.00. The minimum absolute atomic E-state index is 0.0421. The molecule has 1 fully saturated rings. The van der Waals surface area contributed by atoms with E-state index in [9.17, 15) is 36.0 Å². The lowest BCUT2D eigenvalue weighted by Crippen LogP contribution is -2.43. The molecule has 14 heteroatoms.